The van der Waals surface area contributed by atoms with Crippen LogP contribution in [-0.4, -0.2) is 0 Å². The summed E-state index contributed by atoms with van der Waals surface area (Å²) in [7, 11) is 0. The van der Waals surface area contributed by atoms with Gasteiger partial charge in [0.2, 0.25) is 0 Å². The van der Waals surface area contributed by atoms with Crippen molar-refractivity contribution < 1.29 is 16.5 Å². The fraction of sp³-hybridized carbons (Fsp3) is 0.714. The molecule has 0 heterocycles. The molecule has 6 aliphatic carbocycles. The number of hydrogen-bond donors (Lipinski definition) is 0. The van der Waals surface area contributed by atoms with Gasteiger partial charge in [0, 0.05) is 16.5 Å². The van der Waals surface area contributed by atoms with Gasteiger partial charge in [0.15, 0.2) is 0 Å². The van der Waals surface area contributed by atoms with Crippen molar-refractivity contribution in [1.82, 2.24) is 0 Å². The molecule has 6 aliphatic rings. The molecule has 3 fully saturated rings. The van der Waals surface area contributed by atoms with Crippen LogP contribution in [0.5, 0.6) is 0 Å². The molecule has 0 amide bonds. The van der Waals surface area contributed by atoms with E-state index in [-0.39, 0.29) is 16.5 Å². The van der Waals surface area contributed by atoms with Gasteiger partial charge in [-0.2, -0.15) is 0 Å². The van der Waals surface area contributed by atoms with Crippen molar-refractivity contribution in [2.75, 3.05) is 0 Å². The van der Waals surface area contributed by atoms with E-state index in [1.54, 1.807) is 0 Å². The zero-order valence-corrected chi connectivity index (χ0v) is 14.6. The Morgan fingerprint density at radius 2 is 0.545 bits per heavy atom. The van der Waals surface area contributed by atoms with E-state index in [0.717, 1.165) is 35.5 Å². The van der Waals surface area contributed by atoms with Crippen LogP contribution in [0.4, 0.5) is 0 Å². The molecule has 0 aromatic rings. The number of allylic oxidation sites excluding steroid dienone is 6. The number of fused-ring (bicyclic) bond motifs is 6. The first kappa shape index (κ1) is 16.6. The third kappa shape index (κ3) is 3.97. The van der Waals surface area contributed by atoms with Crippen molar-refractivity contribution in [3.05, 3.63) is 36.5 Å². The molecule has 0 saturated heterocycles. The maximum absolute atomic E-state index is 2.38. The van der Waals surface area contributed by atoms with Gasteiger partial charge in [-0.25, -0.2) is 0 Å². The molecule has 3 saturated carbocycles. The first-order valence-electron chi connectivity index (χ1n) is 9.40. The molecular formula is C21H30Ni. The second kappa shape index (κ2) is 7.52. The van der Waals surface area contributed by atoms with Crippen molar-refractivity contribution in [3.63, 3.8) is 0 Å². The molecule has 6 atom stereocenters. The Morgan fingerprint density at radius 1 is 0.364 bits per heavy atom. The molecule has 0 spiro atoms. The van der Waals surface area contributed by atoms with Crippen molar-refractivity contribution in [3.8, 4) is 0 Å². The summed E-state index contributed by atoms with van der Waals surface area (Å²) in [5, 5.41) is 0. The Hall–Kier alpha value is -0.286. The fourth-order valence-electron chi connectivity index (χ4n) is 5.15. The SMILES string of the molecule is C1=CC2CCC1C2.C1=CC2CCC1C2.C1=CC2CCC1C2.[Ni]. The van der Waals surface area contributed by atoms with Crippen molar-refractivity contribution in [1.29, 1.82) is 0 Å². The predicted octanol–water partition coefficient (Wildman–Crippen LogP) is 5.92. The molecule has 1 heteroatoms. The van der Waals surface area contributed by atoms with E-state index >= 15 is 0 Å². The molecule has 6 bridgehead atoms. The molecular weight excluding hydrogens is 311 g/mol. The summed E-state index contributed by atoms with van der Waals surface area (Å²) in [6.45, 7) is 0. The summed E-state index contributed by atoms with van der Waals surface area (Å²) >= 11 is 0. The Balaban J connectivity index is 0.0000000960. The van der Waals surface area contributed by atoms with E-state index in [2.05, 4.69) is 36.5 Å². The van der Waals surface area contributed by atoms with E-state index in [9.17, 15) is 0 Å². The summed E-state index contributed by atoms with van der Waals surface area (Å²) in [5.74, 6) is 5.94. The molecule has 124 valence electrons. The zero-order chi connectivity index (χ0) is 14.1. The Morgan fingerprint density at radius 3 is 0.591 bits per heavy atom. The second-order valence-electron chi connectivity index (χ2n) is 8.15. The molecule has 22 heavy (non-hydrogen) atoms. The van der Waals surface area contributed by atoms with Crippen LogP contribution in [0.2, 0.25) is 0 Å². The average Bonchev–Trinajstić information content (AvgIpc) is 3.39. The minimum Gasteiger partial charge on any atom is -0.0851 e. The van der Waals surface area contributed by atoms with Gasteiger partial charge in [-0.05, 0) is 93.3 Å². The van der Waals surface area contributed by atoms with Crippen LogP contribution >= 0.6 is 0 Å². The topological polar surface area (TPSA) is 0 Å². The third-order valence-electron chi connectivity index (χ3n) is 6.51. The van der Waals surface area contributed by atoms with Gasteiger partial charge < -0.3 is 0 Å². The van der Waals surface area contributed by atoms with E-state index in [4.69, 9.17) is 0 Å². The van der Waals surface area contributed by atoms with Gasteiger partial charge in [0.1, 0.15) is 0 Å². The van der Waals surface area contributed by atoms with Crippen LogP contribution in [0, 0.1) is 35.5 Å². The quantitative estimate of drug-likeness (QED) is 0.379. The van der Waals surface area contributed by atoms with Crippen LogP contribution < -0.4 is 0 Å². The van der Waals surface area contributed by atoms with Crippen LogP contribution in [0.25, 0.3) is 0 Å². The van der Waals surface area contributed by atoms with E-state index < -0.39 is 0 Å². The molecule has 6 rings (SSSR count). The molecule has 0 radical (unpaired) electrons. The maximum Gasteiger partial charge on any atom is 0 e. The van der Waals surface area contributed by atoms with Gasteiger partial charge in [-0.3, -0.25) is 0 Å². The van der Waals surface area contributed by atoms with Gasteiger partial charge in [0.25, 0.3) is 0 Å². The summed E-state index contributed by atoms with van der Waals surface area (Å²) in [4.78, 5) is 0. The van der Waals surface area contributed by atoms with E-state index in [0.29, 0.717) is 0 Å². The molecule has 0 aliphatic heterocycles. The fourth-order valence-corrected chi connectivity index (χ4v) is 5.15. The van der Waals surface area contributed by atoms with Gasteiger partial charge in [0.05, 0.1) is 0 Å². The Bertz CT molecular complexity index is 344. The summed E-state index contributed by atoms with van der Waals surface area (Å²) < 4.78 is 0. The van der Waals surface area contributed by atoms with Gasteiger partial charge in [-0.1, -0.05) is 36.5 Å². The first-order chi connectivity index (χ1) is 10.3. The monoisotopic (exact) mass is 340 g/mol. The second-order valence-corrected chi connectivity index (χ2v) is 8.15. The maximum atomic E-state index is 2.38. The van der Waals surface area contributed by atoms with Crippen LogP contribution in [-0.2, 0) is 16.5 Å². The molecule has 0 nitrogen and oxygen atoms in total. The predicted molar refractivity (Wildman–Crippen MR) is 89.9 cm³/mol. The van der Waals surface area contributed by atoms with Gasteiger partial charge >= 0.3 is 0 Å². The number of hydrogen-bond acceptors (Lipinski definition) is 0. The smallest absolute Gasteiger partial charge is 0 e. The van der Waals surface area contributed by atoms with Crippen LogP contribution in [0.3, 0.4) is 0 Å². The van der Waals surface area contributed by atoms with Crippen molar-refractivity contribution >= 4 is 0 Å². The normalized spacial score (nSPS) is 43.6. The standard InChI is InChI=1S/3C7H10.Ni/c3*1-2-7-4-3-6(1)5-7;/h3*1-2,6-7H,3-5H2;. The molecule has 6 unspecified atom stereocenters. The number of rotatable bonds is 0. The molecule has 0 aromatic heterocycles. The van der Waals surface area contributed by atoms with Crippen molar-refractivity contribution in [2.45, 2.75) is 57.8 Å². The summed E-state index contributed by atoms with van der Waals surface area (Å²) in [6.07, 6.45) is 27.6. The third-order valence-corrected chi connectivity index (χ3v) is 6.51. The first-order valence-corrected chi connectivity index (χ1v) is 9.40. The molecule has 0 N–H and O–H groups in total. The van der Waals surface area contributed by atoms with E-state index in [1.807, 2.05) is 0 Å². The zero-order valence-electron chi connectivity index (χ0n) is 13.6. The summed E-state index contributed by atoms with van der Waals surface area (Å²) in [5.41, 5.74) is 0. The summed E-state index contributed by atoms with van der Waals surface area (Å²) in [6, 6.07) is 0. The van der Waals surface area contributed by atoms with Crippen molar-refractivity contribution in [2.24, 2.45) is 35.5 Å². The largest absolute Gasteiger partial charge is 0.0851 e. The van der Waals surface area contributed by atoms with E-state index in [1.165, 1.54) is 57.8 Å². The van der Waals surface area contributed by atoms with Crippen LogP contribution in [0.15, 0.2) is 36.5 Å². The van der Waals surface area contributed by atoms with Gasteiger partial charge in [-0.15, -0.1) is 0 Å². The van der Waals surface area contributed by atoms with Crippen LogP contribution in [0.1, 0.15) is 57.8 Å². The Kier molecular flexibility index (Phi) is 5.66. The average molecular weight is 341 g/mol. The minimum atomic E-state index is 0. The molecule has 0 aromatic carbocycles. The Labute approximate surface area is 146 Å². The minimum absolute atomic E-state index is 0.